The quantitative estimate of drug-likeness (QED) is 0.194. The van der Waals surface area contributed by atoms with Gasteiger partial charge in [0.05, 0.1) is 53.1 Å². The lowest BCUT2D eigenvalue weighted by atomic mass is 9.93. The van der Waals surface area contributed by atoms with Crippen LogP contribution in [0, 0.1) is 35.5 Å². The molecule has 10 atom stereocenters. The maximum absolute atomic E-state index is 13.8. The number of hydrogen-bond donors (Lipinski definition) is 6. The van der Waals surface area contributed by atoms with Gasteiger partial charge in [-0.2, -0.15) is 0 Å². The van der Waals surface area contributed by atoms with Crippen molar-refractivity contribution in [2.45, 2.75) is 137 Å². The summed E-state index contributed by atoms with van der Waals surface area (Å²) in [6, 6.07) is 6.85. The number of rotatable bonds is 9. The van der Waals surface area contributed by atoms with Gasteiger partial charge in [0.1, 0.15) is 22.9 Å². The zero-order valence-corrected chi connectivity index (χ0v) is 43.2. The molecule has 0 unspecified atom stereocenters. The maximum atomic E-state index is 13.8. The van der Waals surface area contributed by atoms with Crippen LogP contribution in [0.25, 0.3) is 0 Å². The normalized spacial score (nSPS) is 33.6. The van der Waals surface area contributed by atoms with Crippen LogP contribution in [0.4, 0.5) is 10.5 Å². The van der Waals surface area contributed by atoms with Gasteiger partial charge >= 0.3 is 6.09 Å². The molecule has 2 heterocycles. The number of allylic oxidation sites excluding steroid dienone is 2. The first-order valence-corrected chi connectivity index (χ1v) is 28.7. The number of nitrogens with one attached hydrogen (secondary N) is 5. The molecule has 9 rings (SSSR count). The van der Waals surface area contributed by atoms with Crippen molar-refractivity contribution in [3.8, 4) is 5.75 Å². The van der Waals surface area contributed by atoms with Gasteiger partial charge in [0.2, 0.25) is 43.7 Å². The predicted molar refractivity (Wildman–Crippen MR) is 265 cm³/mol. The lowest BCUT2D eigenvalue weighted by Crippen LogP contribution is -2.54. The highest BCUT2D eigenvalue weighted by Crippen LogP contribution is 2.48. The van der Waals surface area contributed by atoms with Crippen molar-refractivity contribution in [1.82, 2.24) is 29.9 Å². The second-order valence-electron chi connectivity index (χ2n) is 21.1. The van der Waals surface area contributed by atoms with E-state index in [9.17, 15) is 55.5 Å². The standard InChI is InChI=1S/C29H38N4O8S.C21H31N3O6S/c1-33-14-8-4-3-5-9-18-17-29(18,27(36)32-42(38,39)20-12-13-20)31-25(34)21-15-19(16-22(21)26(33)35)41-28(37)30-23-10-6-7-11-24(23)40-2;1-24-9-5-3-2-4-6-13-12-21(13,20(28)23-31(29,30)15-7-8-15)22-18(26)16-10-14(25)11-17(16)19(24)27/h5-7,9-11,18-22H,3-4,8,12-17H2,1-2H3,(H,30,37)(H,31,34)(H,32,36);4,6,13-17,25H,2-3,5,7-12H2,1H3,(H,22,26)(H,23,28)/b9-5-;6-4-/t18-,19-,21-,22-,29-;13-,14-,16-,17-,21-/m11/s1. The number of hydrogen-bond acceptors (Lipinski definition) is 14. The van der Waals surface area contributed by atoms with Crippen LogP contribution in [0.15, 0.2) is 48.6 Å². The lowest BCUT2D eigenvalue weighted by Gasteiger charge is -2.26. The molecule has 400 valence electrons. The molecule has 0 saturated heterocycles. The first kappa shape index (κ1) is 53.7. The van der Waals surface area contributed by atoms with E-state index in [-0.39, 0.29) is 55.8 Å². The number of para-hydroxylation sites is 2. The number of aliphatic hydroxyl groups excluding tert-OH is 1. The molecule has 1 aromatic rings. The fourth-order valence-electron chi connectivity index (χ4n) is 10.7. The Balaban J connectivity index is 0.000000204. The molecule has 6 fully saturated rings. The third kappa shape index (κ3) is 12.4. The van der Waals surface area contributed by atoms with E-state index in [1.165, 1.54) is 7.11 Å². The van der Waals surface area contributed by atoms with Gasteiger partial charge in [0, 0.05) is 39.0 Å². The summed E-state index contributed by atoms with van der Waals surface area (Å²) in [6.07, 6.45) is 13.4. The Morgan fingerprint density at radius 2 is 1.12 bits per heavy atom. The number of methoxy groups -OCH3 is 1. The van der Waals surface area contributed by atoms with Crippen LogP contribution in [-0.2, 0) is 53.6 Å². The molecule has 0 radical (unpaired) electrons. The second-order valence-corrected chi connectivity index (χ2v) is 25.1. The van der Waals surface area contributed by atoms with E-state index in [1.54, 1.807) is 48.2 Å². The van der Waals surface area contributed by atoms with E-state index in [0.717, 1.165) is 38.5 Å². The number of amides is 7. The summed E-state index contributed by atoms with van der Waals surface area (Å²) in [6.45, 7) is 1.11. The zero-order valence-electron chi connectivity index (χ0n) is 41.6. The fourth-order valence-corrected chi connectivity index (χ4v) is 13.5. The van der Waals surface area contributed by atoms with Gasteiger partial charge in [0.15, 0.2) is 0 Å². The number of fused-ring (bicyclic) bond motifs is 4. The van der Waals surface area contributed by atoms with E-state index in [0.29, 0.717) is 56.6 Å². The Morgan fingerprint density at radius 1 is 0.671 bits per heavy atom. The van der Waals surface area contributed by atoms with Crippen molar-refractivity contribution in [2.24, 2.45) is 35.5 Å². The summed E-state index contributed by atoms with van der Waals surface area (Å²) in [5, 5.41) is 17.3. The molecule has 21 nitrogen and oxygen atoms in total. The molecular formula is C50H69N7O14S2. The number of carbonyl (C=O) groups excluding carboxylic acids is 7. The van der Waals surface area contributed by atoms with E-state index in [1.807, 2.05) is 24.3 Å². The van der Waals surface area contributed by atoms with Gasteiger partial charge in [-0.3, -0.25) is 43.5 Å². The van der Waals surface area contributed by atoms with Crippen molar-refractivity contribution in [3.63, 3.8) is 0 Å². The molecule has 2 aliphatic heterocycles. The van der Waals surface area contributed by atoms with Gasteiger partial charge < -0.3 is 35.0 Å². The van der Waals surface area contributed by atoms with Crippen LogP contribution in [-0.4, -0.2) is 141 Å². The molecule has 1 aromatic carbocycles. The topological polar surface area (TPSA) is 293 Å². The summed E-state index contributed by atoms with van der Waals surface area (Å²) >= 11 is 0. The molecular weight excluding hydrogens is 987 g/mol. The van der Waals surface area contributed by atoms with Crippen molar-refractivity contribution >= 4 is 67.3 Å². The molecule has 23 heteroatoms. The van der Waals surface area contributed by atoms with Crippen LogP contribution in [0.3, 0.4) is 0 Å². The minimum atomic E-state index is -3.82. The smallest absolute Gasteiger partial charge is 0.412 e. The van der Waals surface area contributed by atoms with Gasteiger partial charge in [-0.1, -0.05) is 36.4 Å². The Kier molecular flexibility index (Phi) is 16.0. The second kappa shape index (κ2) is 21.7. The molecule has 8 aliphatic rings. The highest BCUT2D eigenvalue weighted by atomic mass is 32.2. The van der Waals surface area contributed by atoms with Crippen LogP contribution < -0.4 is 30.1 Å². The average Bonchev–Trinajstić information content (AvgIpc) is 4.17. The van der Waals surface area contributed by atoms with E-state index >= 15 is 0 Å². The minimum Gasteiger partial charge on any atom is -0.495 e. The highest BCUT2D eigenvalue weighted by molar-refractivity contribution is 7.91. The van der Waals surface area contributed by atoms with Crippen molar-refractivity contribution in [1.29, 1.82) is 0 Å². The third-order valence-corrected chi connectivity index (χ3v) is 19.3. The van der Waals surface area contributed by atoms with Gasteiger partial charge in [-0.05, 0) is 115 Å². The van der Waals surface area contributed by atoms with Gasteiger partial charge in [0.25, 0.3) is 11.8 Å². The van der Waals surface area contributed by atoms with Gasteiger partial charge in [-0.15, -0.1) is 0 Å². The number of sulfonamides is 2. The summed E-state index contributed by atoms with van der Waals surface area (Å²) in [5.41, 5.74) is -2.33. The van der Waals surface area contributed by atoms with Crippen LogP contribution in [0.5, 0.6) is 5.75 Å². The molecule has 6 N–H and O–H groups in total. The maximum Gasteiger partial charge on any atom is 0.412 e. The van der Waals surface area contributed by atoms with Crippen LogP contribution in [0.2, 0.25) is 0 Å². The number of nitrogens with zero attached hydrogens (tertiary/aromatic N) is 2. The Bertz CT molecular complexity index is 2620. The molecule has 0 spiro atoms. The third-order valence-electron chi connectivity index (χ3n) is 15.6. The van der Waals surface area contributed by atoms with E-state index in [2.05, 4.69) is 25.4 Å². The number of ether oxygens (including phenoxy) is 2. The highest BCUT2D eigenvalue weighted by Gasteiger charge is 2.63. The number of aliphatic hydroxyl groups is 1. The zero-order chi connectivity index (χ0) is 52.5. The number of benzene rings is 1. The molecule has 73 heavy (non-hydrogen) atoms. The lowest BCUT2D eigenvalue weighted by molar-refractivity contribution is -0.141. The predicted octanol–water partition coefficient (Wildman–Crippen LogP) is 2.38. The molecule has 6 saturated carbocycles. The Labute approximate surface area is 426 Å². The van der Waals surface area contributed by atoms with E-state index in [4.69, 9.17) is 9.47 Å². The van der Waals surface area contributed by atoms with Crippen LogP contribution >= 0.6 is 0 Å². The SMILES string of the molecule is CN1CCCC/C=C\[C@@H]2C[C@@]2(C(=O)NS(=O)(=O)C2CC2)NC(=O)[C@@H]2C[C@@H](O)C[C@H]2C1=O.COc1ccccc1NC(=O)O[C@@H]1C[C@H]2C(=O)N[C@]3(C(=O)NS(=O)(=O)C4CC4)C[C@H]3/C=C\CCCCN(C)C(=O)[C@@H]2C1. The number of carbonyl (C=O) groups is 7. The molecule has 0 aromatic heterocycles. The fraction of sp³-hybridized carbons (Fsp3) is 0.660. The molecule has 0 bridgehead atoms. The molecule has 6 aliphatic carbocycles. The Hall–Kier alpha value is -5.55. The van der Waals surface area contributed by atoms with E-state index < -0.39 is 107 Å². The largest absolute Gasteiger partial charge is 0.495 e. The number of anilines is 1. The Morgan fingerprint density at radius 3 is 1.62 bits per heavy atom. The monoisotopic (exact) mass is 1060 g/mol. The van der Waals surface area contributed by atoms with Crippen molar-refractivity contribution < 1.29 is 65.0 Å². The van der Waals surface area contributed by atoms with Gasteiger partial charge in [-0.25, -0.2) is 21.6 Å². The van der Waals surface area contributed by atoms with Crippen LogP contribution in [0.1, 0.15) is 103 Å². The first-order valence-electron chi connectivity index (χ1n) is 25.6. The molecule has 7 amide bonds. The summed E-state index contributed by atoms with van der Waals surface area (Å²) < 4.78 is 65.0. The minimum absolute atomic E-state index is 0.0774. The summed E-state index contributed by atoms with van der Waals surface area (Å²) in [7, 11) is -2.69. The summed E-state index contributed by atoms with van der Waals surface area (Å²) in [4.78, 5) is 95.7. The summed E-state index contributed by atoms with van der Waals surface area (Å²) in [5.74, 6) is -6.15. The first-order chi connectivity index (χ1) is 34.7. The van der Waals surface area contributed by atoms with Crippen molar-refractivity contribution in [2.75, 3.05) is 39.6 Å². The average molecular weight is 1060 g/mol. The van der Waals surface area contributed by atoms with Crippen molar-refractivity contribution in [3.05, 3.63) is 48.6 Å².